The predicted molar refractivity (Wildman–Crippen MR) is 70.9 cm³/mol. The molecule has 1 aliphatic rings. The number of esters is 2. The summed E-state index contributed by atoms with van der Waals surface area (Å²) < 4.78 is 10.0. The molecule has 0 amide bonds. The zero-order chi connectivity index (χ0) is 14.9. The van der Waals surface area contributed by atoms with Gasteiger partial charge in [0.05, 0.1) is 18.6 Å². The minimum Gasteiger partial charge on any atom is -0.462 e. The highest BCUT2D eigenvalue weighted by molar-refractivity contribution is 5.94. The lowest BCUT2D eigenvalue weighted by Crippen LogP contribution is -2.31. The van der Waals surface area contributed by atoms with E-state index >= 15 is 0 Å². The lowest BCUT2D eigenvalue weighted by Gasteiger charge is -2.27. The first-order valence-electron chi connectivity index (χ1n) is 6.59. The second-order valence-electron chi connectivity index (χ2n) is 5.02. The van der Waals surface area contributed by atoms with Crippen LogP contribution in [0.1, 0.15) is 49.0 Å². The van der Waals surface area contributed by atoms with Gasteiger partial charge in [-0.2, -0.15) is 0 Å². The van der Waals surface area contributed by atoms with Crippen molar-refractivity contribution < 1.29 is 19.1 Å². The molecule has 2 heterocycles. The number of pyridine rings is 1. The molecule has 1 atom stereocenters. The number of H-pyrrole nitrogens is 1. The molecule has 6 heteroatoms. The zero-order valence-electron chi connectivity index (χ0n) is 11.7. The fourth-order valence-electron chi connectivity index (χ4n) is 2.34. The normalized spacial score (nSPS) is 17.6. The maximum atomic E-state index is 12.0. The number of aromatic nitrogens is 1. The Hall–Kier alpha value is -2.11. The Morgan fingerprint density at radius 2 is 2.20 bits per heavy atom. The summed E-state index contributed by atoms with van der Waals surface area (Å²) in [6, 6.07) is 0. The quantitative estimate of drug-likeness (QED) is 0.849. The van der Waals surface area contributed by atoms with Gasteiger partial charge in [-0.25, -0.2) is 4.79 Å². The van der Waals surface area contributed by atoms with E-state index in [2.05, 4.69) is 4.98 Å². The number of aromatic amines is 1. The Bertz CT molecular complexity index is 602. The van der Waals surface area contributed by atoms with Crippen molar-refractivity contribution >= 4 is 11.9 Å². The number of fused-ring (bicyclic) bond motifs is 1. The van der Waals surface area contributed by atoms with Gasteiger partial charge in [0.1, 0.15) is 5.56 Å². The van der Waals surface area contributed by atoms with Crippen molar-refractivity contribution in [3.8, 4) is 5.75 Å². The minimum absolute atomic E-state index is 0.0437. The zero-order valence-corrected chi connectivity index (χ0v) is 11.7. The number of ether oxygens (including phenoxy) is 2. The molecule has 1 N–H and O–H groups in total. The lowest BCUT2D eigenvalue weighted by molar-refractivity contribution is -0.136. The van der Waals surface area contributed by atoms with E-state index in [-0.39, 0.29) is 41.7 Å². The summed E-state index contributed by atoms with van der Waals surface area (Å²) in [5.74, 6) is -1.18. The van der Waals surface area contributed by atoms with Gasteiger partial charge in [0.15, 0.2) is 5.75 Å². The van der Waals surface area contributed by atoms with Crippen molar-refractivity contribution in [2.75, 3.05) is 6.61 Å². The Kier molecular flexibility index (Phi) is 3.92. The molecule has 1 aliphatic heterocycles. The maximum absolute atomic E-state index is 12.0. The minimum atomic E-state index is -0.614. The topological polar surface area (TPSA) is 85.5 Å². The average molecular weight is 279 g/mol. The van der Waals surface area contributed by atoms with Crippen LogP contribution >= 0.6 is 0 Å². The summed E-state index contributed by atoms with van der Waals surface area (Å²) in [4.78, 5) is 38.1. The molecule has 0 spiro atoms. The summed E-state index contributed by atoms with van der Waals surface area (Å²) in [7, 11) is 0. The number of nitrogens with one attached hydrogen (secondary N) is 1. The monoisotopic (exact) mass is 279 g/mol. The molecular weight excluding hydrogens is 262 g/mol. The highest BCUT2D eigenvalue weighted by Gasteiger charge is 2.35. The van der Waals surface area contributed by atoms with Crippen LogP contribution in [0, 0.1) is 5.92 Å². The molecular formula is C14H17NO5. The van der Waals surface area contributed by atoms with Gasteiger partial charge < -0.3 is 14.5 Å². The fourth-order valence-corrected chi connectivity index (χ4v) is 2.34. The van der Waals surface area contributed by atoms with Crippen LogP contribution in [0.2, 0.25) is 0 Å². The van der Waals surface area contributed by atoms with E-state index in [1.807, 2.05) is 13.8 Å². The third kappa shape index (κ3) is 2.45. The second kappa shape index (κ2) is 5.48. The van der Waals surface area contributed by atoms with Crippen LogP contribution in [-0.4, -0.2) is 23.5 Å². The largest absolute Gasteiger partial charge is 0.462 e. The molecule has 2 rings (SSSR count). The van der Waals surface area contributed by atoms with Crippen LogP contribution < -0.4 is 10.3 Å². The van der Waals surface area contributed by atoms with Crippen LogP contribution in [0.5, 0.6) is 5.75 Å². The van der Waals surface area contributed by atoms with Gasteiger partial charge in [0, 0.05) is 12.1 Å². The van der Waals surface area contributed by atoms with E-state index in [1.165, 1.54) is 6.20 Å². The highest BCUT2D eigenvalue weighted by Crippen LogP contribution is 2.38. The van der Waals surface area contributed by atoms with Crippen molar-refractivity contribution in [3.05, 3.63) is 27.7 Å². The molecule has 0 fully saturated rings. The molecule has 0 saturated carbocycles. The number of hydrogen-bond acceptors (Lipinski definition) is 5. The van der Waals surface area contributed by atoms with Crippen molar-refractivity contribution in [1.82, 2.24) is 4.98 Å². The summed E-state index contributed by atoms with van der Waals surface area (Å²) >= 11 is 0. The lowest BCUT2D eigenvalue weighted by atomic mass is 9.84. The van der Waals surface area contributed by atoms with Crippen LogP contribution in [0.15, 0.2) is 11.0 Å². The Morgan fingerprint density at radius 3 is 2.80 bits per heavy atom. The smallest absolute Gasteiger partial charge is 0.343 e. The second-order valence-corrected chi connectivity index (χ2v) is 5.02. The molecule has 108 valence electrons. The molecule has 1 aromatic rings. The number of carbonyl (C=O) groups excluding carboxylic acids is 2. The van der Waals surface area contributed by atoms with Crippen molar-refractivity contribution in [2.45, 2.75) is 33.1 Å². The molecule has 0 radical (unpaired) electrons. The number of rotatable bonds is 3. The molecule has 1 unspecified atom stereocenters. The standard InChI is InChI=1S/C14H17NO5/c1-4-19-14(18)9-6-15-13(17)11-8(7(2)3)5-10(16)20-12(9)11/h6-8H,4-5H2,1-3H3,(H,15,17). The van der Waals surface area contributed by atoms with Crippen LogP contribution in [0.4, 0.5) is 0 Å². The van der Waals surface area contributed by atoms with Gasteiger partial charge in [-0.05, 0) is 12.8 Å². The fraction of sp³-hybridized carbons (Fsp3) is 0.500. The molecule has 0 bridgehead atoms. The highest BCUT2D eigenvalue weighted by atomic mass is 16.5. The van der Waals surface area contributed by atoms with E-state index < -0.39 is 11.9 Å². The molecule has 0 saturated heterocycles. The predicted octanol–water partition coefficient (Wildman–Crippen LogP) is 1.60. The molecule has 20 heavy (non-hydrogen) atoms. The molecule has 6 nitrogen and oxygen atoms in total. The van der Waals surface area contributed by atoms with Crippen molar-refractivity contribution in [2.24, 2.45) is 5.92 Å². The van der Waals surface area contributed by atoms with E-state index in [9.17, 15) is 14.4 Å². The third-order valence-corrected chi connectivity index (χ3v) is 3.35. The maximum Gasteiger partial charge on any atom is 0.343 e. The first kappa shape index (κ1) is 14.3. The number of hydrogen-bond donors (Lipinski definition) is 1. The average Bonchev–Trinajstić information content (AvgIpc) is 2.38. The van der Waals surface area contributed by atoms with Gasteiger partial charge in [-0.15, -0.1) is 0 Å². The molecule has 0 aromatic carbocycles. The van der Waals surface area contributed by atoms with Gasteiger partial charge in [-0.3, -0.25) is 9.59 Å². The van der Waals surface area contributed by atoms with Gasteiger partial charge in [-0.1, -0.05) is 13.8 Å². The first-order chi connectivity index (χ1) is 9.45. The summed E-state index contributed by atoms with van der Waals surface area (Å²) in [5.41, 5.74) is 0.101. The molecule has 0 aliphatic carbocycles. The van der Waals surface area contributed by atoms with Crippen LogP contribution in [0.25, 0.3) is 0 Å². The van der Waals surface area contributed by atoms with E-state index in [1.54, 1.807) is 6.92 Å². The Labute approximate surface area is 116 Å². The van der Waals surface area contributed by atoms with Crippen molar-refractivity contribution in [1.29, 1.82) is 0 Å². The van der Waals surface area contributed by atoms with E-state index in [0.717, 1.165) is 0 Å². The van der Waals surface area contributed by atoms with E-state index in [0.29, 0.717) is 5.56 Å². The first-order valence-corrected chi connectivity index (χ1v) is 6.59. The summed E-state index contributed by atoms with van der Waals surface area (Å²) in [5, 5.41) is 0. The Morgan fingerprint density at radius 1 is 1.50 bits per heavy atom. The van der Waals surface area contributed by atoms with Crippen LogP contribution in [0.3, 0.4) is 0 Å². The van der Waals surface area contributed by atoms with E-state index in [4.69, 9.17) is 9.47 Å². The summed E-state index contributed by atoms with van der Waals surface area (Å²) in [6.07, 6.45) is 1.37. The molecule has 1 aromatic heterocycles. The van der Waals surface area contributed by atoms with Gasteiger partial charge in [0.25, 0.3) is 5.56 Å². The van der Waals surface area contributed by atoms with Crippen LogP contribution in [-0.2, 0) is 9.53 Å². The summed E-state index contributed by atoms with van der Waals surface area (Å²) in [6.45, 7) is 5.72. The number of carbonyl (C=O) groups is 2. The van der Waals surface area contributed by atoms with Gasteiger partial charge in [0.2, 0.25) is 0 Å². The SMILES string of the molecule is CCOC(=O)c1c[nH]c(=O)c2c1OC(=O)CC2C(C)C. The Balaban J connectivity index is 2.60. The third-order valence-electron chi connectivity index (χ3n) is 3.35. The van der Waals surface area contributed by atoms with Gasteiger partial charge >= 0.3 is 11.9 Å². The van der Waals surface area contributed by atoms with Crippen molar-refractivity contribution in [3.63, 3.8) is 0 Å².